The zero-order valence-electron chi connectivity index (χ0n) is 15.7. The highest BCUT2D eigenvalue weighted by Crippen LogP contribution is 2.32. The van der Waals surface area contributed by atoms with E-state index in [1.165, 1.54) is 16.2 Å². The number of rotatable bonds is 7. The van der Waals surface area contributed by atoms with E-state index in [1.807, 2.05) is 37.3 Å². The molecule has 142 valence electrons. The Bertz CT molecular complexity index is 942. The van der Waals surface area contributed by atoms with Gasteiger partial charge in [0.25, 0.3) is 5.91 Å². The minimum atomic E-state index is -0.133. The van der Waals surface area contributed by atoms with Crippen LogP contribution >= 0.6 is 22.9 Å². The first kappa shape index (κ1) is 19.6. The summed E-state index contributed by atoms with van der Waals surface area (Å²) in [6.45, 7) is 3.93. The molecule has 0 unspecified atom stereocenters. The smallest absolute Gasteiger partial charge is 0.261 e. The second-order valence-corrected chi connectivity index (χ2v) is 7.87. The third kappa shape index (κ3) is 4.58. The first-order valence-electron chi connectivity index (χ1n) is 8.88. The van der Waals surface area contributed by atoms with Gasteiger partial charge in [0.15, 0.2) is 5.13 Å². The fourth-order valence-electron chi connectivity index (χ4n) is 2.66. The van der Waals surface area contributed by atoms with Gasteiger partial charge in [-0.2, -0.15) is 0 Å². The van der Waals surface area contributed by atoms with Crippen LogP contribution in [-0.4, -0.2) is 44.7 Å². The molecule has 3 aromatic rings. The van der Waals surface area contributed by atoms with Crippen LogP contribution in [0.2, 0.25) is 5.02 Å². The van der Waals surface area contributed by atoms with Crippen LogP contribution in [0.4, 0.5) is 5.13 Å². The molecule has 1 amide bonds. The average molecular weight is 405 g/mol. The zero-order valence-corrected chi connectivity index (χ0v) is 17.2. The molecule has 7 heteroatoms. The molecule has 0 saturated carbocycles. The standard InChI is InChI=1S/C20H22ClN3O2S/c1-4-26-14-9-10-17-18(13-14)27-20(22-17)24(12-11-23(2)3)19(25)15-7-5-6-8-16(15)21/h5-10,13H,4,11-12H2,1-3H3/p+1. The predicted octanol–water partition coefficient (Wildman–Crippen LogP) is 3.14. The van der Waals surface area contributed by atoms with Crippen molar-refractivity contribution in [3.63, 3.8) is 0 Å². The zero-order chi connectivity index (χ0) is 19.4. The van der Waals surface area contributed by atoms with Crippen molar-refractivity contribution in [1.82, 2.24) is 4.98 Å². The number of aromatic nitrogens is 1. The maximum Gasteiger partial charge on any atom is 0.261 e. The number of fused-ring (bicyclic) bond motifs is 1. The van der Waals surface area contributed by atoms with Crippen LogP contribution in [-0.2, 0) is 0 Å². The highest BCUT2D eigenvalue weighted by Gasteiger charge is 2.23. The molecule has 5 nitrogen and oxygen atoms in total. The van der Waals surface area contributed by atoms with E-state index in [0.29, 0.717) is 28.9 Å². The number of benzene rings is 2. The van der Waals surface area contributed by atoms with Crippen LogP contribution in [0.25, 0.3) is 10.2 Å². The maximum absolute atomic E-state index is 13.2. The molecule has 2 aromatic carbocycles. The van der Waals surface area contributed by atoms with Gasteiger partial charge in [0.1, 0.15) is 5.75 Å². The quantitative estimate of drug-likeness (QED) is 0.658. The number of halogens is 1. The molecule has 3 rings (SSSR count). The summed E-state index contributed by atoms with van der Waals surface area (Å²) < 4.78 is 6.56. The van der Waals surface area contributed by atoms with E-state index in [1.54, 1.807) is 17.0 Å². The van der Waals surface area contributed by atoms with Gasteiger partial charge in [-0.3, -0.25) is 9.69 Å². The Morgan fingerprint density at radius 2 is 2.04 bits per heavy atom. The molecule has 0 fully saturated rings. The summed E-state index contributed by atoms with van der Waals surface area (Å²) in [5.74, 6) is 0.674. The number of ether oxygens (including phenoxy) is 1. The second-order valence-electron chi connectivity index (χ2n) is 6.45. The van der Waals surface area contributed by atoms with Crippen LogP contribution in [0.3, 0.4) is 0 Å². The molecule has 0 saturated heterocycles. The summed E-state index contributed by atoms with van der Waals surface area (Å²) >= 11 is 7.75. The predicted molar refractivity (Wildman–Crippen MR) is 112 cm³/mol. The molecule has 0 aliphatic rings. The number of hydrogen-bond acceptors (Lipinski definition) is 4. The van der Waals surface area contributed by atoms with Crippen molar-refractivity contribution < 1.29 is 14.4 Å². The fourth-order valence-corrected chi connectivity index (χ4v) is 3.90. The highest BCUT2D eigenvalue weighted by molar-refractivity contribution is 7.22. The second kappa shape index (κ2) is 8.69. The van der Waals surface area contributed by atoms with Gasteiger partial charge in [0.05, 0.1) is 54.6 Å². The van der Waals surface area contributed by atoms with Crippen LogP contribution in [0, 0.1) is 0 Å². The monoisotopic (exact) mass is 404 g/mol. The Labute approximate surface area is 168 Å². The lowest BCUT2D eigenvalue weighted by Crippen LogP contribution is -3.06. The number of carbonyl (C=O) groups excluding carboxylic acids is 1. The van der Waals surface area contributed by atoms with Gasteiger partial charge in [-0.15, -0.1) is 0 Å². The Balaban J connectivity index is 1.98. The van der Waals surface area contributed by atoms with E-state index in [-0.39, 0.29) is 5.91 Å². The van der Waals surface area contributed by atoms with Crippen molar-refractivity contribution in [2.75, 3.05) is 38.7 Å². The van der Waals surface area contributed by atoms with E-state index in [2.05, 4.69) is 19.1 Å². The lowest BCUT2D eigenvalue weighted by Gasteiger charge is -2.21. The fraction of sp³-hybridized carbons (Fsp3) is 0.300. The summed E-state index contributed by atoms with van der Waals surface area (Å²) in [5.41, 5.74) is 1.34. The molecule has 0 bridgehead atoms. The molecule has 0 atom stereocenters. The Morgan fingerprint density at radius 1 is 1.26 bits per heavy atom. The molecule has 0 spiro atoms. The minimum Gasteiger partial charge on any atom is -0.494 e. The number of nitrogens with zero attached hydrogens (tertiary/aromatic N) is 2. The van der Waals surface area contributed by atoms with Gasteiger partial charge in [-0.05, 0) is 37.3 Å². The number of nitrogens with one attached hydrogen (secondary N) is 1. The third-order valence-corrected chi connectivity index (χ3v) is 5.45. The van der Waals surface area contributed by atoms with Gasteiger partial charge < -0.3 is 9.64 Å². The van der Waals surface area contributed by atoms with Gasteiger partial charge in [0, 0.05) is 0 Å². The van der Waals surface area contributed by atoms with Gasteiger partial charge in [-0.25, -0.2) is 4.98 Å². The van der Waals surface area contributed by atoms with Gasteiger partial charge in [-0.1, -0.05) is 35.1 Å². The van der Waals surface area contributed by atoms with Crippen molar-refractivity contribution in [1.29, 1.82) is 0 Å². The van der Waals surface area contributed by atoms with Crippen molar-refractivity contribution >= 4 is 44.2 Å². The van der Waals surface area contributed by atoms with E-state index >= 15 is 0 Å². The van der Waals surface area contributed by atoms with E-state index < -0.39 is 0 Å². The summed E-state index contributed by atoms with van der Waals surface area (Å²) in [7, 11) is 4.12. The largest absolute Gasteiger partial charge is 0.494 e. The Kier molecular flexibility index (Phi) is 6.31. The van der Waals surface area contributed by atoms with Gasteiger partial charge >= 0.3 is 0 Å². The van der Waals surface area contributed by atoms with Crippen molar-refractivity contribution in [3.8, 4) is 5.75 Å². The topological polar surface area (TPSA) is 46.9 Å². The van der Waals surface area contributed by atoms with E-state index in [4.69, 9.17) is 16.3 Å². The van der Waals surface area contributed by atoms with Gasteiger partial charge in [0.2, 0.25) is 0 Å². The third-order valence-electron chi connectivity index (χ3n) is 4.08. The first-order valence-corrected chi connectivity index (χ1v) is 10.1. The Hall–Kier alpha value is -2.15. The number of likely N-dealkylation sites (N-methyl/N-ethyl adjacent to an activating group) is 1. The van der Waals surface area contributed by atoms with Crippen LogP contribution in [0.15, 0.2) is 42.5 Å². The van der Waals surface area contributed by atoms with Crippen molar-refractivity contribution in [2.45, 2.75) is 6.92 Å². The normalized spacial score (nSPS) is 11.1. The molecule has 0 aliphatic carbocycles. The molecular weight excluding hydrogens is 382 g/mol. The summed E-state index contributed by atoms with van der Waals surface area (Å²) in [6, 6.07) is 12.9. The van der Waals surface area contributed by atoms with E-state index in [9.17, 15) is 4.79 Å². The Morgan fingerprint density at radius 3 is 2.74 bits per heavy atom. The van der Waals surface area contributed by atoms with Crippen LogP contribution in [0.1, 0.15) is 17.3 Å². The molecule has 0 aliphatic heterocycles. The van der Waals surface area contributed by atoms with E-state index in [0.717, 1.165) is 22.5 Å². The first-order chi connectivity index (χ1) is 13.0. The summed E-state index contributed by atoms with van der Waals surface area (Å²) in [4.78, 5) is 20.9. The van der Waals surface area contributed by atoms with Crippen molar-refractivity contribution in [3.05, 3.63) is 53.1 Å². The van der Waals surface area contributed by atoms with Crippen LogP contribution < -0.4 is 14.5 Å². The SMILES string of the molecule is CCOc1ccc2nc(N(CC[NH+](C)C)C(=O)c3ccccc3Cl)sc2c1. The summed E-state index contributed by atoms with van der Waals surface area (Å²) in [6.07, 6.45) is 0. The number of hydrogen-bond donors (Lipinski definition) is 1. The number of carbonyl (C=O) groups is 1. The molecule has 1 heterocycles. The number of anilines is 1. The molecule has 27 heavy (non-hydrogen) atoms. The number of quaternary nitrogens is 1. The number of thiazole rings is 1. The lowest BCUT2D eigenvalue weighted by atomic mass is 10.2. The number of amides is 1. The maximum atomic E-state index is 13.2. The van der Waals surface area contributed by atoms with Crippen molar-refractivity contribution in [2.24, 2.45) is 0 Å². The minimum absolute atomic E-state index is 0.133. The van der Waals surface area contributed by atoms with Crippen LogP contribution in [0.5, 0.6) is 5.75 Å². The molecule has 1 N–H and O–H groups in total. The molecule has 1 aromatic heterocycles. The molecule has 0 radical (unpaired) electrons. The average Bonchev–Trinajstić information content (AvgIpc) is 3.05. The summed E-state index contributed by atoms with van der Waals surface area (Å²) in [5, 5.41) is 1.12. The lowest BCUT2D eigenvalue weighted by molar-refractivity contribution is -0.856. The highest BCUT2D eigenvalue weighted by atomic mass is 35.5. The molecular formula is C20H23ClN3O2S+.